The predicted octanol–water partition coefficient (Wildman–Crippen LogP) is 2.96. The first kappa shape index (κ1) is 19.5. The number of phenolic OH excluding ortho intramolecular Hbond substituents is 1. The summed E-state index contributed by atoms with van der Waals surface area (Å²) in [6.45, 7) is 6.86. The summed E-state index contributed by atoms with van der Waals surface area (Å²) in [6.07, 6.45) is 0. The number of anilines is 1. The Kier molecular flexibility index (Phi) is 5.58. The zero-order valence-electron chi connectivity index (χ0n) is 14.4. The highest BCUT2D eigenvalue weighted by Gasteiger charge is 2.22. The lowest BCUT2D eigenvalue weighted by molar-refractivity contribution is -0.119. The molecule has 2 N–H and O–H groups in total. The second-order valence-corrected chi connectivity index (χ2v) is 8.75. The van der Waals surface area contributed by atoms with Crippen LogP contribution in [-0.4, -0.2) is 35.0 Å². The molecule has 0 saturated carbocycles. The Morgan fingerprint density at radius 2 is 2.04 bits per heavy atom. The maximum absolute atomic E-state index is 12.5. The van der Waals surface area contributed by atoms with Crippen molar-refractivity contribution in [3.63, 3.8) is 0 Å². The average molecular weight is 430 g/mol. The number of carbonyl (C=O) groups is 1. The number of aryl methyl sites for hydroxylation is 1. The molecule has 1 atom stereocenters. The van der Waals surface area contributed by atoms with E-state index >= 15 is 0 Å². The molecule has 2 aromatic rings. The number of sulfone groups is 1. The Morgan fingerprint density at radius 1 is 1.40 bits per heavy atom. The molecule has 0 radical (unpaired) electrons. The van der Waals surface area contributed by atoms with Gasteiger partial charge in [-0.05, 0) is 54.9 Å². The van der Waals surface area contributed by atoms with E-state index in [0.717, 1.165) is 15.9 Å². The first-order valence-electron chi connectivity index (χ1n) is 7.66. The molecule has 1 amide bonds. The molecule has 25 heavy (non-hydrogen) atoms. The van der Waals surface area contributed by atoms with Gasteiger partial charge < -0.3 is 10.4 Å². The van der Waals surface area contributed by atoms with Gasteiger partial charge in [0.2, 0.25) is 5.91 Å². The highest BCUT2D eigenvalue weighted by molar-refractivity contribution is 9.10. The standard InChI is InChI=1S/C16H20BrN3O4S/c1-5-25(23,24)12-6-7-14(21)13(8-12)18-16(22)11(4)20-10(3)15(17)9(2)19-20/h6-8,11,21H,5H2,1-4H3,(H,18,22). The van der Waals surface area contributed by atoms with Gasteiger partial charge in [-0.3, -0.25) is 9.48 Å². The van der Waals surface area contributed by atoms with E-state index in [1.165, 1.54) is 25.1 Å². The molecule has 2 rings (SSSR count). The summed E-state index contributed by atoms with van der Waals surface area (Å²) in [5.41, 5.74) is 1.61. The van der Waals surface area contributed by atoms with Crippen LogP contribution in [0.25, 0.3) is 0 Å². The molecule has 1 aromatic carbocycles. The normalized spacial score (nSPS) is 12.8. The van der Waals surface area contributed by atoms with E-state index < -0.39 is 21.8 Å². The van der Waals surface area contributed by atoms with Gasteiger partial charge in [-0.25, -0.2) is 8.42 Å². The summed E-state index contributed by atoms with van der Waals surface area (Å²) in [5, 5.41) is 16.8. The monoisotopic (exact) mass is 429 g/mol. The van der Waals surface area contributed by atoms with Crippen LogP contribution in [0.3, 0.4) is 0 Å². The van der Waals surface area contributed by atoms with Crippen molar-refractivity contribution < 1.29 is 18.3 Å². The Labute approximate surface area is 155 Å². The highest BCUT2D eigenvalue weighted by atomic mass is 79.9. The van der Waals surface area contributed by atoms with Gasteiger partial charge in [-0.1, -0.05) is 6.92 Å². The second kappa shape index (κ2) is 7.17. The maximum Gasteiger partial charge on any atom is 0.249 e. The van der Waals surface area contributed by atoms with Gasteiger partial charge in [0.05, 0.1) is 32.2 Å². The minimum absolute atomic E-state index is 0.0459. The van der Waals surface area contributed by atoms with Gasteiger partial charge in [0, 0.05) is 0 Å². The molecule has 0 aliphatic carbocycles. The fraction of sp³-hybridized carbons (Fsp3) is 0.375. The van der Waals surface area contributed by atoms with Crippen LogP contribution in [0.2, 0.25) is 0 Å². The van der Waals surface area contributed by atoms with Crippen LogP contribution in [0.4, 0.5) is 5.69 Å². The number of hydrogen-bond donors (Lipinski definition) is 2. The summed E-state index contributed by atoms with van der Waals surface area (Å²) in [4.78, 5) is 12.6. The lowest BCUT2D eigenvalue weighted by Gasteiger charge is -2.16. The van der Waals surface area contributed by atoms with E-state index in [4.69, 9.17) is 0 Å². The van der Waals surface area contributed by atoms with Crippen molar-refractivity contribution >= 4 is 37.4 Å². The van der Waals surface area contributed by atoms with E-state index in [9.17, 15) is 18.3 Å². The van der Waals surface area contributed by atoms with Crippen molar-refractivity contribution in [3.05, 3.63) is 34.1 Å². The highest BCUT2D eigenvalue weighted by Crippen LogP contribution is 2.28. The average Bonchev–Trinajstić information content (AvgIpc) is 2.83. The first-order valence-corrected chi connectivity index (χ1v) is 10.1. The van der Waals surface area contributed by atoms with Gasteiger partial charge in [0.1, 0.15) is 11.8 Å². The largest absolute Gasteiger partial charge is 0.506 e. The molecule has 9 heteroatoms. The quantitative estimate of drug-likeness (QED) is 0.711. The molecule has 0 spiro atoms. The number of nitrogens with zero attached hydrogens (tertiary/aromatic N) is 2. The number of halogens is 1. The van der Waals surface area contributed by atoms with Crippen LogP contribution >= 0.6 is 15.9 Å². The van der Waals surface area contributed by atoms with Crippen LogP contribution < -0.4 is 5.32 Å². The van der Waals surface area contributed by atoms with Gasteiger partial charge in [0.15, 0.2) is 9.84 Å². The van der Waals surface area contributed by atoms with Crippen LogP contribution in [0, 0.1) is 13.8 Å². The van der Waals surface area contributed by atoms with Crippen LogP contribution in [0.1, 0.15) is 31.3 Å². The Morgan fingerprint density at radius 3 is 2.56 bits per heavy atom. The molecular weight excluding hydrogens is 410 g/mol. The third-order valence-corrected chi connectivity index (χ3v) is 6.83. The maximum atomic E-state index is 12.5. The van der Waals surface area contributed by atoms with Crippen LogP contribution in [-0.2, 0) is 14.6 Å². The number of phenols is 1. The van der Waals surface area contributed by atoms with E-state index in [1.54, 1.807) is 11.6 Å². The van der Waals surface area contributed by atoms with Crippen molar-refractivity contribution in [1.82, 2.24) is 9.78 Å². The lowest BCUT2D eigenvalue weighted by atomic mass is 10.2. The third-order valence-electron chi connectivity index (χ3n) is 3.95. The summed E-state index contributed by atoms with van der Waals surface area (Å²) in [6, 6.07) is 3.18. The Balaban J connectivity index is 2.31. The number of carbonyl (C=O) groups excluding carboxylic acids is 1. The van der Waals surface area contributed by atoms with E-state index in [-0.39, 0.29) is 22.1 Å². The molecule has 7 nitrogen and oxygen atoms in total. The van der Waals surface area contributed by atoms with E-state index in [0.29, 0.717) is 0 Å². The molecular formula is C16H20BrN3O4S. The smallest absolute Gasteiger partial charge is 0.249 e. The van der Waals surface area contributed by atoms with Gasteiger partial charge in [-0.15, -0.1) is 0 Å². The number of aromatic hydroxyl groups is 1. The van der Waals surface area contributed by atoms with E-state index in [1.807, 2.05) is 13.8 Å². The van der Waals surface area contributed by atoms with Gasteiger partial charge >= 0.3 is 0 Å². The number of aromatic nitrogens is 2. The lowest BCUT2D eigenvalue weighted by Crippen LogP contribution is -2.25. The zero-order valence-corrected chi connectivity index (χ0v) is 16.8. The molecule has 1 unspecified atom stereocenters. The van der Waals surface area contributed by atoms with Crippen LogP contribution in [0.15, 0.2) is 27.6 Å². The number of nitrogens with one attached hydrogen (secondary N) is 1. The minimum atomic E-state index is -3.44. The molecule has 0 aliphatic heterocycles. The second-order valence-electron chi connectivity index (χ2n) is 5.68. The van der Waals surface area contributed by atoms with Gasteiger partial charge in [0.25, 0.3) is 0 Å². The Hall–Kier alpha value is -1.87. The van der Waals surface area contributed by atoms with Crippen molar-refractivity contribution in [2.45, 2.75) is 38.6 Å². The summed E-state index contributed by atoms with van der Waals surface area (Å²) < 4.78 is 26.3. The number of rotatable bonds is 5. The molecule has 1 aromatic heterocycles. The van der Waals surface area contributed by atoms with Crippen molar-refractivity contribution in [2.75, 3.05) is 11.1 Å². The zero-order chi connectivity index (χ0) is 18.9. The SMILES string of the molecule is CCS(=O)(=O)c1ccc(O)c(NC(=O)C(C)n2nc(C)c(Br)c2C)c1. The van der Waals surface area contributed by atoms with Crippen molar-refractivity contribution in [2.24, 2.45) is 0 Å². The summed E-state index contributed by atoms with van der Waals surface area (Å²) in [5.74, 6) is -0.689. The fourth-order valence-corrected chi connectivity index (χ4v) is 3.51. The van der Waals surface area contributed by atoms with Crippen molar-refractivity contribution in [3.8, 4) is 5.75 Å². The molecule has 0 bridgehead atoms. The minimum Gasteiger partial charge on any atom is -0.506 e. The fourth-order valence-electron chi connectivity index (χ4n) is 2.34. The molecule has 0 aliphatic rings. The molecule has 136 valence electrons. The molecule has 1 heterocycles. The van der Waals surface area contributed by atoms with E-state index in [2.05, 4.69) is 26.3 Å². The molecule has 0 saturated heterocycles. The van der Waals surface area contributed by atoms with Gasteiger partial charge in [-0.2, -0.15) is 5.10 Å². The van der Waals surface area contributed by atoms with Crippen molar-refractivity contribution in [1.29, 1.82) is 0 Å². The number of benzene rings is 1. The van der Waals surface area contributed by atoms with Crippen LogP contribution in [0.5, 0.6) is 5.75 Å². The topological polar surface area (TPSA) is 101 Å². The Bertz CT molecular complexity index is 922. The first-order chi connectivity index (χ1) is 11.6. The predicted molar refractivity (Wildman–Crippen MR) is 98.6 cm³/mol. The summed E-state index contributed by atoms with van der Waals surface area (Å²) in [7, 11) is -3.44. The number of hydrogen-bond acceptors (Lipinski definition) is 5. The number of amides is 1. The molecule has 0 fully saturated rings. The summed E-state index contributed by atoms with van der Waals surface area (Å²) >= 11 is 3.41. The third kappa shape index (κ3) is 3.87.